The Hall–Kier alpha value is -2.29. The van der Waals surface area contributed by atoms with Crippen molar-refractivity contribution in [3.8, 4) is 0 Å². The van der Waals surface area contributed by atoms with E-state index in [1.807, 2.05) is 48.5 Å². The third-order valence-corrected chi connectivity index (χ3v) is 2.51. The number of nitrogen functional groups attached to an aromatic ring is 1. The normalized spacial score (nSPS) is 9.94. The van der Waals surface area contributed by atoms with Crippen LogP contribution >= 0.6 is 0 Å². The first kappa shape index (κ1) is 11.2. The molecule has 2 aromatic rings. The highest BCUT2D eigenvalue weighted by Gasteiger charge is 2.15. The Morgan fingerprint density at radius 1 is 1.00 bits per heavy atom. The number of para-hydroxylation sites is 3. The van der Waals surface area contributed by atoms with E-state index in [0.717, 1.165) is 5.69 Å². The van der Waals surface area contributed by atoms with Crippen molar-refractivity contribution in [1.82, 2.24) is 0 Å². The van der Waals surface area contributed by atoms with E-state index in [4.69, 9.17) is 5.73 Å². The quantitative estimate of drug-likeness (QED) is 0.800. The molecular weight excluding hydrogens is 212 g/mol. The highest BCUT2D eigenvalue weighted by atomic mass is 16.2. The Bertz CT molecular complexity index is 523. The lowest BCUT2D eigenvalue weighted by atomic mass is 10.2. The second-order valence-electron chi connectivity index (χ2n) is 3.75. The summed E-state index contributed by atoms with van der Waals surface area (Å²) in [7, 11) is 0. The molecule has 0 aliphatic heterocycles. The maximum Gasteiger partial charge on any atom is 0.228 e. The highest BCUT2D eigenvalue weighted by molar-refractivity contribution is 6.01. The molecule has 0 saturated heterocycles. The first-order chi connectivity index (χ1) is 8.20. The van der Waals surface area contributed by atoms with Crippen LogP contribution in [0.3, 0.4) is 0 Å². The number of amides is 1. The number of anilines is 3. The van der Waals surface area contributed by atoms with E-state index in [0.29, 0.717) is 11.4 Å². The summed E-state index contributed by atoms with van der Waals surface area (Å²) in [5.74, 6) is -0.0610. The molecule has 3 nitrogen and oxygen atoms in total. The van der Waals surface area contributed by atoms with Gasteiger partial charge in [-0.3, -0.25) is 9.69 Å². The fourth-order valence-electron chi connectivity index (χ4n) is 1.76. The second-order valence-corrected chi connectivity index (χ2v) is 3.75. The molecular formula is C14H14N2O. The van der Waals surface area contributed by atoms with Crippen molar-refractivity contribution in [1.29, 1.82) is 0 Å². The molecule has 0 heterocycles. The average molecular weight is 226 g/mol. The van der Waals surface area contributed by atoms with Gasteiger partial charge in [-0.05, 0) is 24.3 Å². The van der Waals surface area contributed by atoms with Crippen LogP contribution in [-0.2, 0) is 4.79 Å². The lowest BCUT2D eigenvalue weighted by molar-refractivity contribution is -0.115. The summed E-state index contributed by atoms with van der Waals surface area (Å²) in [6.45, 7) is 1.53. The van der Waals surface area contributed by atoms with Crippen molar-refractivity contribution in [2.24, 2.45) is 0 Å². The van der Waals surface area contributed by atoms with E-state index < -0.39 is 0 Å². The summed E-state index contributed by atoms with van der Waals surface area (Å²) >= 11 is 0. The Morgan fingerprint density at radius 2 is 1.59 bits per heavy atom. The molecule has 2 aromatic carbocycles. The van der Waals surface area contributed by atoms with E-state index in [1.165, 1.54) is 6.92 Å². The topological polar surface area (TPSA) is 46.3 Å². The molecule has 0 aromatic heterocycles. The summed E-state index contributed by atoms with van der Waals surface area (Å²) < 4.78 is 0. The highest BCUT2D eigenvalue weighted by Crippen LogP contribution is 2.29. The van der Waals surface area contributed by atoms with Gasteiger partial charge in [0.25, 0.3) is 0 Å². The number of nitrogens with two attached hydrogens (primary N) is 1. The summed E-state index contributed by atoms with van der Waals surface area (Å²) in [5.41, 5.74) is 8.02. The number of nitrogens with zero attached hydrogens (tertiary/aromatic N) is 1. The van der Waals surface area contributed by atoms with Crippen LogP contribution in [0.1, 0.15) is 6.92 Å². The fourth-order valence-corrected chi connectivity index (χ4v) is 1.76. The van der Waals surface area contributed by atoms with Crippen molar-refractivity contribution in [2.75, 3.05) is 10.6 Å². The number of carbonyl (C=O) groups excluding carboxylic acids is 1. The molecule has 2 rings (SSSR count). The van der Waals surface area contributed by atoms with Crippen LogP contribution < -0.4 is 10.6 Å². The molecule has 3 heteroatoms. The molecule has 0 unspecified atom stereocenters. The Labute approximate surface area is 100 Å². The van der Waals surface area contributed by atoms with Gasteiger partial charge in [0.05, 0.1) is 11.4 Å². The number of benzene rings is 2. The summed E-state index contributed by atoms with van der Waals surface area (Å²) in [4.78, 5) is 13.4. The molecule has 2 N–H and O–H groups in total. The largest absolute Gasteiger partial charge is 0.397 e. The van der Waals surface area contributed by atoms with Gasteiger partial charge in [-0.15, -0.1) is 0 Å². The molecule has 0 saturated carbocycles. The smallest absolute Gasteiger partial charge is 0.228 e. The predicted octanol–water partition coefficient (Wildman–Crippen LogP) is 2.95. The molecule has 17 heavy (non-hydrogen) atoms. The third kappa shape index (κ3) is 2.28. The van der Waals surface area contributed by atoms with Crippen LogP contribution in [0, 0.1) is 0 Å². The van der Waals surface area contributed by atoms with Gasteiger partial charge in [0.15, 0.2) is 0 Å². The minimum atomic E-state index is -0.0610. The average Bonchev–Trinajstić information content (AvgIpc) is 2.33. The Kier molecular flexibility index (Phi) is 3.10. The standard InChI is InChI=1S/C14H14N2O/c1-11(17)16(12-7-3-2-4-8-12)14-10-6-5-9-13(14)15/h2-10H,15H2,1H3. The molecule has 1 amide bonds. The molecule has 0 aliphatic carbocycles. The number of rotatable bonds is 2. The van der Waals surface area contributed by atoms with E-state index in [2.05, 4.69) is 0 Å². The molecule has 0 bridgehead atoms. The van der Waals surface area contributed by atoms with Crippen molar-refractivity contribution in [2.45, 2.75) is 6.92 Å². The van der Waals surface area contributed by atoms with Gasteiger partial charge in [0.2, 0.25) is 5.91 Å². The monoisotopic (exact) mass is 226 g/mol. The SMILES string of the molecule is CC(=O)N(c1ccccc1)c1ccccc1N. The maximum absolute atomic E-state index is 11.8. The molecule has 0 atom stereocenters. The van der Waals surface area contributed by atoms with Gasteiger partial charge in [0.1, 0.15) is 0 Å². The van der Waals surface area contributed by atoms with Crippen molar-refractivity contribution >= 4 is 23.0 Å². The summed E-state index contributed by atoms with van der Waals surface area (Å²) in [6.07, 6.45) is 0. The minimum absolute atomic E-state index is 0.0610. The predicted molar refractivity (Wildman–Crippen MR) is 70.1 cm³/mol. The lowest BCUT2D eigenvalue weighted by Crippen LogP contribution is -2.23. The van der Waals surface area contributed by atoms with Gasteiger partial charge in [-0.25, -0.2) is 0 Å². The lowest BCUT2D eigenvalue weighted by Gasteiger charge is -2.22. The van der Waals surface area contributed by atoms with E-state index in [9.17, 15) is 4.79 Å². The van der Waals surface area contributed by atoms with Crippen molar-refractivity contribution < 1.29 is 4.79 Å². The Morgan fingerprint density at radius 3 is 2.18 bits per heavy atom. The molecule has 0 spiro atoms. The van der Waals surface area contributed by atoms with Crippen LogP contribution in [0.5, 0.6) is 0 Å². The van der Waals surface area contributed by atoms with E-state index in [-0.39, 0.29) is 5.91 Å². The van der Waals surface area contributed by atoms with Crippen LogP contribution in [0.4, 0.5) is 17.1 Å². The van der Waals surface area contributed by atoms with Gasteiger partial charge in [-0.2, -0.15) is 0 Å². The van der Waals surface area contributed by atoms with Crippen LogP contribution in [0.15, 0.2) is 54.6 Å². The van der Waals surface area contributed by atoms with E-state index in [1.54, 1.807) is 11.0 Å². The molecule has 0 fully saturated rings. The zero-order valence-electron chi connectivity index (χ0n) is 9.63. The maximum atomic E-state index is 11.8. The molecule has 86 valence electrons. The number of hydrogen-bond donors (Lipinski definition) is 1. The van der Waals surface area contributed by atoms with Crippen molar-refractivity contribution in [3.63, 3.8) is 0 Å². The zero-order chi connectivity index (χ0) is 12.3. The third-order valence-electron chi connectivity index (χ3n) is 2.51. The summed E-state index contributed by atoms with van der Waals surface area (Å²) in [6, 6.07) is 16.8. The van der Waals surface area contributed by atoms with Crippen molar-refractivity contribution in [3.05, 3.63) is 54.6 Å². The van der Waals surface area contributed by atoms with E-state index >= 15 is 0 Å². The van der Waals surface area contributed by atoms with Crippen LogP contribution in [-0.4, -0.2) is 5.91 Å². The minimum Gasteiger partial charge on any atom is -0.397 e. The first-order valence-electron chi connectivity index (χ1n) is 5.40. The second kappa shape index (κ2) is 4.70. The number of hydrogen-bond acceptors (Lipinski definition) is 2. The van der Waals surface area contributed by atoms with Gasteiger partial charge >= 0.3 is 0 Å². The molecule has 0 radical (unpaired) electrons. The number of carbonyl (C=O) groups is 1. The van der Waals surface area contributed by atoms with Crippen LogP contribution in [0.25, 0.3) is 0 Å². The first-order valence-corrected chi connectivity index (χ1v) is 5.40. The van der Waals surface area contributed by atoms with Crippen LogP contribution in [0.2, 0.25) is 0 Å². The Balaban J connectivity index is 2.51. The summed E-state index contributed by atoms with van der Waals surface area (Å²) in [5, 5.41) is 0. The van der Waals surface area contributed by atoms with Gasteiger partial charge < -0.3 is 5.73 Å². The fraction of sp³-hybridized carbons (Fsp3) is 0.0714. The zero-order valence-corrected chi connectivity index (χ0v) is 9.63. The van der Waals surface area contributed by atoms with Gasteiger partial charge in [0, 0.05) is 12.6 Å². The van der Waals surface area contributed by atoms with Gasteiger partial charge in [-0.1, -0.05) is 30.3 Å². The molecule has 0 aliphatic rings.